The minimum atomic E-state index is -0.438. The topological polar surface area (TPSA) is 63.7 Å². The molecule has 5 nitrogen and oxygen atoms in total. The van der Waals surface area contributed by atoms with E-state index in [9.17, 15) is 14.4 Å². The Morgan fingerprint density at radius 3 is 2.17 bits per heavy atom. The van der Waals surface area contributed by atoms with Crippen molar-refractivity contribution in [1.82, 2.24) is 4.90 Å². The van der Waals surface area contributed by atoms with Gasteiger partial charge in [-0.25, -0.2) is 4.79 Å². The summed E-state index contributed by atoms with van der Waals surface area (Å²) in [6.07, 6.45) is 3.50. The van der Waals surface area contributed by atoms with Crippen LogP contribution in [0.15, 0.2) is 30.3 Å². The van der Waals surface area contributed by atoms with Crippen LogP contribution < -0.4 is 0 Å². The van der Waals surface area contributed by atoms with Crippen LogP contribution in [0.3, 0.4) is 0 Å². The molecule has 3 rings (SSSR count). The molecule has 5 heteroatoms. The molecule has 0 aromatic heterocycles. The van der Waals surface area contributed by atoms with Gasteiger partial charge >= 0.3 is 6.09 Å². The fraction of sp³-hybridized carbons (Fsp3) is 0.625. The summed E-state index contributed by atoms with van der Waals surface area (Å²) in [5.41, 5.74) is 0.510. The predicted molar refractivity (Wildman–Crippen MR) is 113 cm³/mol. The number of hydrogen-bond acceptors (Lipinski definition) is 4. The van der Waals surface area contributed by atoms with Crippen LogP contribution in [0.1, 0.15) is 65.9 Å². The van der Waals surface area contributed by atoms with Gasteiger partial charge in [0.25, 0.3) is 0 Å². The average molecular weight is 402 g/mol. The van der Waals surface area contributed by atoms with Crippen molar-refractivity contribution in [3.63, 3.8) is 0 Å². The van der Waals surface area contributed by atoms with E-state index in [2.05, 4.69) is 0 Å². The smallest absolute Gasteiger partial charge is 0.410 e. The Morgan fingerprint density at radius 2 is 1.69 bits per heavy atom. The molecule has 0 unspecified atom stereocenters. The lowest BCUT2D eigenvalue weighted by Gasteiger charge is -2.28. The molecule has 0 bridgehead atoms. The molecule has 1 aromatic carbocycles. The third-order valence-corrected chi connectivity index (χ3v) is 5.28. The van der Waals surface area contributed by atoms with Crippen LogP contribution in [0.4, 0.5) is 4.79 Å². The van der Waals surface area contributed by atoms with Gasteiger partial charge in [-0.1, -0.05) is 65.0 Å². The highest BCUT2D eigenvalue weighted by atomic mass is 16.6. The van der Waals surface area contributed by atoms with E-state index in [1.54, 1.807) is 4.90 Å². The molecule has 0 spiro atoms. The van der Waals surface area contributed by atoms with Crippen LogP contribution in [0, 0.1) is 17.3 Å². The number of likely N-dealkylation sites (tertiary alicyclic amines) is 1. The van der Waals surface area contributed by atoms with E-state index in [0.717, 1.165) is 31.2 Å². The summed E-state index contributed by atoms with van der Waals surface area (Å²) in [4.78, 5) is 37.1. The maximum Gasteiger partial charge on any atom is 0.410 e. The molecule has 1 aliphatic heterocycles. The fourth-order valence-electron chi connectivity index (χ4n) is 3.40. The standard InChI is InChI=1S/C17H23NO3.C7H12O/c1-17(2,3)15(19)14-10-7-11-18(14)16(20)21-12-13-8-5-4-6-9-13;1-5(2)7(8)6-3-4-6/h4-6,8-9,14H,7,10-12H2,1-3H3;5-6H,3-4H2,1-2H3/t14-;/m0./s1. The van der Waals surface area contributed by atoms with Gasteiger partial charge in [-0.3, -0.25) is 14.5 Å². The van der Waals surface area contributed by atoms with Crippen molar-refractivity contribution in [3.05, 3.63) is 35.9 Å². The van der Waals surface area contributed by atoms with Gasteiger partial charge in [-0.15, -0.1) is 0 Å². The van der Waals surface area contributed by atoms with E-state index >= 15 is 0 Å². The average Bonchev–Trinajstić information content (AvgIpc) is 3.41. The molecular weight excluding hydrogens is 366 g/mol. The molecule has 1 aromatic rings. The minimum absolute atomic E-state index is 0.108. The zero-order valence-corrected chi connectivity index (χ0v) is 18.4. The molecule has 29 heavy (non-hydrogen) atoms. The van der Waals surface area contributed by atoms with Crippen LogP contribution in [-0.4, -0.2) is 35.1 Å². The largest absolute Gasteiger partial charge is 0.445 e. The molecule has 2 fully saturated rings. The number of rotatable bonds is 5. The molecule has 0 radical (unpaired) electrons. The molecule has 0 N–H and O–H groups in total. The van der Waals surface area contributed by atoms with Crippen molar-refractivity contribution in [3.8, 4) is 0 Å². The van der Waals surface area contributed by atoms with E-state index in [0.29, 0.717) is 18.2 Å². The summed E-state index contributed by atoms with van der Waals surface area (Å²) >= 11 is 0. The maximum atomic E-state index is 12.4. The van der Waals surface area contributed by atoms with Gasteiger partial charge in [0, 0.05) is 23.8 Å². The molecule has 2 aliphatic rings. The SMILES string of the molecule is CC(C)(C)C(=O)[C@@H]1CCCN1C(=O)OCc1ccccc1.CC(C)C(=O)C1CC1. The van der Waals surface area contributed by atoms with Gasteiger partial charge in [0.15, 0.2) is 5.78 Å². The fourth-order valence-corrected chi connectivity index (χ4v) is 3.40. The number of carbonyl (C=O) groups is 3. The second-order valence-corrected chi connectivity index (χ2v) is 9.34. The van der Waals surface area contributed by atoms with E-state index in [-0.39, 0.29) is 30.4 Å². The van der Waals surface area contributed by atoms with Gasteiger partial charge < -0.3 is 4.74 Å². The molecule has 1 amide bonds. The lowest BCUT2D eigenvalue weighted by atomic mass is 9.85. The monoisotopic (exact) mass is 401 g/mol. The lowest BCUT2D eigenvalue weighted by molar-refractivity contribution is -0.130. The van der Waals surface area contributed by atoms with E-state index in [4.69, 9.17) is 4.74 Å². The first kappa shape index (κ1) is 23.1. The van der Waals surface area contributed by atoms with Crippen molar-refractivity contribution < 1.29 is 19.1 Å². The summed E-state index contributed by atoms with van der Waals surface area (Å²) in [5.74, 6) is 1.29. The first-order valence-corrected chi connectivity index (χ1v) is 10.7. The molecule has 1 atom stereocenters. The van der Waals surface area contributed by atoms with Crippen LogP contribution in [0.5, 0.6) is 0 Å². The summed E-state index contributed by atoms with van der Waals surface area (Å²) in [6.45, 7) is 10.5. The predicted octanol–water partition coefficient (Wildman–Crippen LogP) is 5.02. The number of nitrogens with zero attached hydrogens (tertiary/aromatic N) is 1. The number of ketones is 2. The molecular formula is C24H35NO4. The number of carbonyl (C=O) groups excluding carboxylic acids is 3. The molecule has 1 saturated heterocycles. The Kier molecular flexibility index (Phi) is 8.00. The zero-order chi connectivity index (χ0) is 21.6. The van der Waals surface area contributed by atoms with Crippen LogP contribution in [-0.2, 0) is 20.9 Å². The summed E-state index contributed by atoms with van der Waals surface area (Å²) in [5, 5.41) is 0. The molecule has 1 aliphatic carbocycles. The third-order valence-electron chi connectivity index (χ3n) is 5.28. The maximum absolute atomic E-state index is 12.4. The molecule has 1 heterocycles. The lowest BCUT2D eigenvalue weighted by Crippen LogP contribution is -2.45. The Labute approximate surface area is 174 Å². The van der Waals surface area contributed by atoms with Gasteiger partial charge in [0.2, 0.25) is 0 Å². The van der Waals surface area contributed by atoms with E-state index in [1.807, 2.05) is 65.0 Å². The second-order valence-electron chi connectivity index (χ2n) is 9.34. The Hall–Kier alpha value is -2.17. The Balaban J connectivity index is 0.000000313. The van der Waals surface area contributed by atoms with Crippen LogP contribution in [0.2, 0.25) is 0 Å². The quantitative estimate of drug-likeness (QED) is 0.694. The van der Waals surface area contributed by atoms with Gasteiger partial charge in [-0.05, 0) is 31.2 Å². The zero-order valence-electron chi connectivity index (χ0n) is 18.4. The normalized spacial score (nSPS) is 18.8. The molecule has 160 valence electrons. The summed E-state index contributed by atoms with van der Waals surface area (Å²) in [7, 11) is 0. The number of benzene rings is 1. The van der Waals surface area contributed by atoms with Crippen LogP contribution in [0.25, 0.3) is 0 Å². The van der Waals surface area contributed by atoms with Crippen molar-refractivity contribution in [1.29, 1.82) is 0 Å². The van der Waals surface area contributed by atoms with E-state index < -0.39 is 5.41 Å². The van der Waals surface area contributed by atoms with Crippen molar-refractivity contribution in [2.75, 3.05) is 6.54 Å². The van der Waals surface area contributed by atoms with Gasteiger partial charge in [-0.2, -0.15) is 0 Å². The highest BCUT2D eigenvalue weighted by molar-refractivity contribution is 5.91. The van der Waals surface area contributed by atoms with Gasteiger partial charge in [0.05, 0.1) is 6.04 Å². The number of Topliss-reactive ketones (excluding diaryl/α,β-unsaturated/α-hetero) is 2. The Bertz CT molecular complexity index is 697. The first-order valence-electron chi connectivity index (χ1n) is 10.7. The Morgan fingerprint density at radius 1 is 1.07 bits per heavy atom. The minimum Gasteiger partial charge on any atom is -0.445 e. The highest BCUT2D eigenvalue weighted by Crippen LogP contribution is 2.32. The second kappa shape index (κ2) is 10.0. The number of ether oxygens (including phenoxy) is 1. The number of amides is 1. The van der Waals surface area contributed by atoms with Crippen molar-refractivity contribution >= 4 is 17.7 Å². The first-order chi connectivity index (χ1) is 13.6. The third kappa shape index (κ3) is 6.98. The highest BCUT2D eigenvalue weighted by Gasteiger charge is 2.39. The summed E-state index contributed by atoms with van der Waals surface area (Å²) in [6, 6.07) is 9.22. The van der Waals surface area contributed by atoms with Crippen molar-refractivity contribution in [2.45, 2.75) is 73.0 Å². The van der Waals surface area contributed by atoms with E-state index in [1.165, 1.54) is 0 Å². The summed E-state index contributed by atoms with van der Waals surface area (Å²) < 4.78 is 5.34. The van der Waals surface area contributed by atoms with Crippen LogP contribution >= 0.6 is 0 Å². The number of hydrogen-bond donors (Lipinski definition) is 0. The van der Waals surface area contributed by atoms with Gasteiger partial charge in [0.1, 0.15) is 12.4 Å². The van der Waals surface area contributed by atoms with Crippen molar-refractivity contribution in [2.24, 2.45) is 17.3 Å². The molecule has 1 saturated carbocycles.